The standard InChI is InChI=1S/C59H98O5/c1-4-7-10-13-16-19-22-25-28-29-30-31-33-34-37-40-43-46-49-52-58(60)63-56-57(55-62-54-51-48-45-42-39-36-27-24-21-18-15-12-9-6-3)64-59(61)53-50-47-44-41-38-35-32-26-23-20-17-14-11-8-5-2/h7,9-10,12,16,18-19,21,25,27-28,30-31,34,36-37,42,45,57H,4-6,8,11,13-15,17,20,22-24,26,29,32-33,35,38-41,43-44,46-56H2,1-3H3/b10-7-,12-9-,19-16-,21-18-,28-25-,31-30-,36-27-,37-34-,45-42-. The van der Waals surface area contributed by atoms with Crippen molar-refractivity contribution in [2.24, 2.45) is 0 Å². The highest BCUT2D eigenvalue weighted by Crippen LogP contribution is 2.15. The zero-order valence-corrected chi connectivity index (χ0v) is 41.8. The van der Waals surface area contributed by atoms with Crippen LogP contribution in [0.15, 0.2) is 109 Å². The molecule has 0 saturated carbocycles. The molecule has 0 aliphatic rings. The van der Waals surface area contributed by atoms with Gasteiger partial charge in [-0.3, -0.25) is 9.59 Å². The monoisotopic (exact) mass is 887 g/mol. The van der Waals surface area contributed by atoms with E-state index in [2.05, 4.69) is 130 Å². The lowest BCUT2D eigenvalue weighted by molar-refractivity contribution is -0.163. The van der Waals surface area contributed by atoms with Crippen LogP contribution in [0.1, 0.15) is 226 Å². The van der Waals surface area contributed by atoms with Crippen LogP contribution in [0.2, 0.25) is 0 Å². The van der Waals surface area contributed by atoms with Crippen LogP contribution < -0.4 is 0 Å². The van der Waals surface area contributed by atoms with Crippen molar-refractivity contribution < 1.29 is 23.8 Å². The van der Waals surface area contributed by atoms with Gasteiger partial charge in [-0.2, -0.15) is 0 Å². The van der Waals surface area contributed by atoms with E-state index in [0.29, 0.717) is 19.4 Å². The zero-order valence-electron chi connectivity index (χ0n) is 41.8. The van der Waals surface area contributed by atoms with Crippen molar-refractivity contribution in [2.45, 2.75) is 232 Å². The summed E-state index contributed by atoms with van der Waals surface area (Å²) in [6.45, 7) is 7.43. The van der Waals surface area contributed by atoms with E-state index in [1.54, 1.807) is 0 Å². The minimum absolute atomic E-state index is 0.0420. The van der Waals surface area contributed by atoms with Gasteiger partial charge in [0.1, 0.15) is 6.61 Å². The summed E-state index contributed by atoms with van der Waals surface area (Å²) in [6, 6.07) is 0. The highest BCUT2D eigenvalue weighted by molar-refractivity contribution is 5.70. The van der Waals surface area contributed by atoms with Gasteiger partial charge in [-0.05, 0) is 96.3 Å². The number of hydrogen-bond acceptors (Lipinski definition) is 5. The summed E-state index contributed by atoms with van der Waals surface area (Å²) < 4.78 is 17.3. The molecule has 0 aliphatic heterocycles. The number of carbonyl (C=O) groups excluding carboxylic acids is 2. The molecule has 0 spiro atoms. The summed E-state index contributed by atoms with van der Waals surface area (Å²) in [5.41, 5.74) is 0. The Morgan fingerprint density at radius 1 is 0.359 bits per heavy atom. The van der Waals surface area contributed by atoms with Crippen molar-refractivity contribution in [3.63, 3.8) is 0 Å². The number of esters is 2. The lowest BCUT2D eigenvalue weighted by Gasteiger charge is -2.18. The van der Waals surface area contributed by atoms with Crippen LogP contribution in [0.25, 0.3) is 0 Å². The van der Waals surface area contributed by atoms with Gasteiger partial charge in [0.25, 0.3) is 0 Å². The molecular formula is C59H98O5. The number of allylic oxidation sites excluding steroid dienone is 18. The normalized spacial score (nSPS) is 13.1. The van der Waals surface area contributed by atoms with Crippen LogP contribution in [0.3, 0.4) is 0 Å². The minimum atomic E-state index is -0.583. The van der Waals surface area contributed by atoms with Crippen molar-refractivity contribution in [2.75, 3.05) is 19.8 Å². The van der Waals surface area contributed by atoms with Crippen LogP contribution in [0.5, 0.6) is 0 Å². The first-order chi connectivity index (χ1) is 31.6. The quantitative estimate of drug-likeness (QED) is 0.0346. The van der Waals surface area contributed by atoms with Crippen LogP contribution in [-0.4, -0.2) is 37.9 Å². The maximum absolute atomic E-state index is 12.8. The molecule has 0 aromatic carbocycles. The van der Waals surface area contributed by atoms with Crippen molar-refractivity contribution in [3.05, 3.63) is 109 Å². The number of ether oxygens (including phenoxy) is 3. The van der Waals surface area contributed by atoms with E-state index >= 15 is 0 Å². The smallest absolute Gasteiger partial charge is 0.306 e. The van der Waals surface area contributed by atoms with Gasteiger partial charge in [0, 0.05) is 19.4 Å². The Morgan fingerprint density at radius 3 is 1.12 bits per heavy atom. The van der Waals surface area contributed by atoms with Crippen molar-refractivity contribution in [3.8, 4) is 0 Å². The second-order valence-electron chi connectivity index (χ2n) is 17.0. The molecule has 0 N–H and O–H groups in total. The Morgan fingerprint density at radius 2 is 0.703 bits per heavy atom. The Hall–Kier alpha value is -3.44. The molecule has 1 unspecified atom stereocenters. The van der Waals surface area contributed by atoms with Crippen molar-refractivity contribution >= 4 is 11.9 Å². The molecule has 0 aromatic heterocycles. The van der Waals surface area contributed by atoms with E-state index in [0.717, 1.165) is 116 Å². The first-order valence-corrected chi connectivity index (χ1v) is 26.4. The van der Waals surface area contributed by atoms with Crippen LogP contribution in [0.4, 0.5) is 0 Å². The van der Waals surface area contributed by atoms with Gasteiger partial charge >= 0.3 is 11.9 Å². The van der Waals surface area contributed by atoms with E-state index in [4.69, 9.17) is 14.2 Å². The van der Waals surface area contributed by atoms with Gasteiger partial charge in [0.15, 0.2) is 6.10 Å². The molecule has 364 valence electrons. The van der Waals surface area contributed by atoms with Crippen LogP contribution in [-0.2, 0) is 23.8 Å². The summed E-state index contributed by atoms with van der Waals surface area (Å²) >= 11 is 0. The van der Waals surface area contributed by atoms with E-state index in [9.17, 15) is 9.59 Å². The topological polar surface area (TPSA) is 61.8 Å². The summed E-state index contributed by atoms with van der Waals surface area (Å²) in [6.07, 6.45) is 74.0. The molecule has 0 radical (unpaired) electrons. The largest absolute Gasteiger partial charge is 0.462 e. The first-order valence-electron chi connectivity index (χ1n) is 26.4. The maximum Gasteiger partial charge on any atom is 0.306 e. The second kappa shape index (κ2) is 53.9. The summed E-state index contributed by atoms with van der Waals surface area (Å²) in [7, 11) is 0. The summed E-state index contributed by atoms with van der Waals surface area (Å²) in [5.74, 6) is -0.466. The Balaban J connectivity index is 4.40. The van der Waals surface area contributed by atoms with Gasteiger partial charge in [-0.25, -0.2) is 0 Å². The van der Waals surface area contributed by atoms with E-state index in [1.807, 2.05) is 0 Å². The molecular weight excluding hydrogens is 789 g/mol. The molecule has 0 rings (SSSR count). The molecule has 0 heterocycles. The lowest BCUT2D eigenvalue weighted by Crippen LogP contribution is -2.30. The van der Waals surface area contributed by atoms with Gasteiger partial charge in [-0.1, -0.05) is 226 Å². The molecule has 1 atom stereocenters. The predicted molar refractivity (Wildman–Crippen MR) is 279 cm³/mol. The van der Waals surface area contributed by atoms with Gasteiger partial charge in [0.05, 0.1) is 6.61 Å². The number of hydrogen-bond donors (Lipinski definition) is 0. The third-order valence-electron chi connectivity index (χ3n) is 10.8. The molecule has 0 aromatic rings. The van der Waals surface area contributed by atoms with Crippen LogP contribution >= 0.6 is 0 Å². The number of carbonyl (C=O) groups is 2. The van der Waals surface area contributed by atoms with E-state index < -0.39 is 6.10 Å². The molecule has 5 nitrogen and oxygen atoms in total. The minimum Gasteiger partial charge on any atom is -0.462 e. The third-order valence-corrected chi connectivity index (χ3v) is 10.8. The predicted octanol–water partition coefficient (Wildman–Crippen LogP) is 18.0. The third kappa shape index (κ3) is 51.2. The Labute approximate surface area is 395 Å². The lowest BCUT2D eigenvalue weighted by atomic mass is 10.0. The van der Waals surface area contributed by atoms with E-state index in [-0.39, 0.29) is 25.2 Å². The van der Waals surface area contributed by atoms with Gasteiger partial charge in [-0.15, -0.1) is 0 Å². The van der Waals surface area contributed by atoms with Gasteiger partial charge < -0.3 is 14.2 Å². The molecule has 0 amide bonds. The highest BCUT2D eigenvalue weighted by atomic mass is 16.6. The van der Waals surface area contributed by atoms with Crippen molar-refractivity contribution in [1.82, 2.24) is 0 Å². The fourth-order valence-corrected chi connectivity index (χ4v) is 6.95. The molecule has 0 aliphatic carbocycles. The first kappa shape index (κ1) is 60.6. The second-order valence-corrected chi connectivity index (χ2v) is 17.0. The molecule has 0 fully saturated rings. The average molecular weight is 887 g/mol. The molecule has 0 bridgehead atoms. The molecule has 64 heavy (non-hydrogen) atoms. The summed E-state index contributed by atoms with van der Waals surface area (Å²) in [4.78, 5) is 25.4. The SMILES string of the molecule is CC/C=C\C/C=C\C/C=C\C/C=C\C/C=C\CCCCCC(=O)OCC(COCCC/C=C\C/C=C\C/C=C\C/C=C\CC)OC(=O)CCCCCCCCCCCCCCCCC. The Kier molecular flexibility index (Phi) is 51.0. The fourth-order valence-electron chi connectivity index (χ4n) is 6.95. The van der Waals surface area contributed by atoms with E-state index in [1.165, 1.54) is 77.0 Å². The fraction of sp³-hybridized carbons (Fsp3) is 0.661. The number of rotatable bonds is 47. The maximum atomic E-state index is 12.8. The van der Waals surface area contributed by atoms with Crippen molar-refractivity contribution in [1.29, 1.82) is 0 Å². The van der Waals surface area contributed by atoms with Gasteiger partial charge in [0.2, 0.25) is 0 Å². The zero-order chi connectivity index (χ0) is 46.3. The van der Waals surface area contributed by atoms with Crippen LogP contribution in [0, 0.1) is 0 Å². The average Bonchev–Trinajstić information content (AvgIpc) is 3.30. The number of unbranched alkanes of at least 4 members (excludes halogenated alkanes) is 18. The summed E-state index contributed by atoms with van der Waals surface area (Å²) in [5, 5.41) is 0. The highest BCUT2D eigenvalue weighted by Gasteiger charge is 2.17. The molecule has 0 saturated heterocycles. The molecule has 5 heteroatoms. The Bertz CT molecular complexity index is 1280.